The van der Waals surface area contributed by atoms with Gasteiger partial charge in [-0.1, -0.05) is 0 Å². The maximum atomic E-state index is 5.46. The summed E-state index contributed by atoms with van der Waals surface area (Å²) in [5.41, 5.74) is 8.86. The van der Waals surface area contributed by atoms with Gasteiger partial charge in [-0.2, -0.15) is 5.10 Å². The lowest BCUT2D eigenvalue weighted by atomic mass is 10.2. The molecular formula is C7H13N3. The van der Waals surface area contributed by atoms with Gasteiger partial charge in [-0.15, -0.1) is 0 Å². The van der Waals surface area contributed by atoms with Crippen molar-refractivity contribution in [1.29, 1.82) is 0 Å². The molecule has 3 heteroatoms. The van der Waals surface area contributed by atoms with Gasteiger partial charge in [0.25, 0.3) is 0 Å². The Kier molecular flexibility index (Phi) is 1.76. The summed E-state index contributed by atoms with van der Waals surface area (Å²) in [5, 5.41) is 4.22. The number of aromatic nitrogens is 2. The second-order valence-corrected chi connectivity index (χ2v) is 2.48. The fourth-order valence-electron chi connectivity index (χ4n) is 0.977. The van der Waals surface area contributed by atoms with Crippen LogP contribution in [-0.4, -0.2) is 9.78 Å². The Morgan fingerprint density at radius 3 is 2.30 bits per heavy atom. The Hall–Kier alpha value is -0.830. The van der Waals surface area contributed by atoms with Crippen molar-refractivity contribution < 1.29 is 0 Å². The van der Waals surface area contributed by atoms with Crippen LogP contribution in [0.15, 0.2) is 0 Å². The van der Waals surface area contributed by atoms with Crippen molar-refractivity contribution in [1.82, 2.24) is 9.78 Å². The quantitative estimate of drug-likeness (QED) is 0.615. The van der Waals surface area contributed by atoms with Gasteiger partial charge in [0.05, 0.1) is 5.69 Å². The van der Waals surface area contributed by atoms with Crippen LogP contribution in [0.25, 0.3) is 0 Å². The zero-order valence-corrected chi connectivity index (χ0v) is 6.68. The van der Waals surface area contributed by atoms with Crippen LogP contribution in [0.3, 0.4) is 0 Å². The minimum atomic E-state index is 0.535. The highest BCUT2D eigenvalue weighted by molar-refractivity contribution is 5.22. The summed E-state index contributed by atoms with van der Waals surface area (Å²) < 4.78 is 1.86. The van der Waals surface area contributed by atoms with Crippen LogP contribution in [0.5, 0.6) is 0 Å². The van der Waals surface area contributed by atoms with E-state index >= 15 is 0 Å². The number of hydrogen-bond donors (Lipinski definition) is 1. The molecule has 56 valence electrons. The fourth-order valence-corrected chi connectivity index (χ4v) is 0.977. The first-order valence-electron chi connectivity index (χ1n) is 3.36. The molecule has 0 aliphatic rings. The summed E-state index contributed by atoms with van der Waals surface area (Å²) in [7, 11) is 1.93. The Morgan fingerprint density at radius 1 is 1.50 bits per heavy atom. The third kappa shape index (κ3) is 0.926. The number of rotatable bonds is 1. The van der Waals surface area contributed by atoms with Gasteiger partial charge >= 0.3 is 0 Å². The van der Waals surface area contributed by atoms with Gasteiger partial charge < -0.3 is 5.73 Å². The molecule has 0 aromatic carbocycles. The van der Waals surface area contributed by atoms with Crippen molar-refractivity contribution in [3.63, 3.8) is 0 Å². The molecule has 0 saturated heterocycles. The van der Waals surface area contributed by atoms with Crippen molar-refractivity contribution in [3.05, 3.63) is 17.0 Å². The molecule has 0 fully saturated rings. The molecule has 1 aromatic heterocycles. The first kappa shape index (κ1) is 7.28. The summed E-state index contributed by atoms with van der Waals surface area (Å²) >= 11 is 0. The monoisotopic (exact) mass is 139 g/mol. The molecule has 2 N–H and O–H groups in total. The molecule has 0 bridgehead atoms. The molecule has 1 heterocycles. The second kappa shape index (κ2) is 2.42. The average Bonchev–Trinajstić information content (AvgIpc) is 2.17. The van der Waals surface area contributed by atoms with E-state index in [9.17, 15) is 0 Å². The Bertz CT molecular complexity index is 237. The topological polar surface area (TPSA) is 43.8 Å². The van der Waals surface area contributed by atoms with Crippen molar-refractivity contribution in [2.75, 3.05) is 0 Å². The van der Waals surface area contributed by atoms with E-state index in [2.05, 4.69) is 5.10 Å². The van der Waals surface area contributed by atoms with E-state index in [4.69, 9.17) is 5.73 Å². The summed E-state index contributed by atoms with van der Waals surface area (Å²) in [6, 6.07) is 0. The van der Waals surface area contributed by atoms with Crippen LogP contribution >= 0.6 is 0 Å². The maximum Gasteiger partial charge on any atom is 0.0792 e. The van der Waals surface area contributed by atoms with E-state index in [0.717, 1.165) is 5.69 Å². The molecule has 0 spiro atoms. The van der Waals surface area contributed by atoms with Crippen molar-refractivity contribution >= 4 is 0 Å². The van der Waals surface area contributed by atoms with Crippen LogP contribution in [0.1, 0.15) is 17.0 Å². The molecule has 1 aromatic rings. The molecule has 0 saturated carbocycles. The fraction of sp³-hybridized carbons (Fsp3) is 0.571. The van der Waals surface area contributed by atoms with Gasteiger partial charge in [0.1, 0.15) is 0 Å². The third-order valence-corrected chi connectivity index (χ3v) is 1.93. The van der Waals surface area contributed by atoms with Crippen LogP contribution in [0, 0.1) is 13.8 Å². The summed E-state index contributed by atoms with van der Waals surface area (Å²) in [4.78, 5) is 0. The molecule has 10 heavy (non-hydrogen) atoms. The molecule has 0 aliphatic heterocycles. The minimum absolute atomic E-state index is 0.535. The zero-order chi connectivity index (χ0) is 7.72. The van der Waals surface area contributed by atoms with Gasteiger partial charge in [-0.05, 0) is 19.4 Å². The predicted octanol–water partition coefficient (Wildman–Crippen LogP) is 0.496. The maximum absolute atomic E-state index is 5.46. The summed E-state index contributed by atoms with van der Waals surface area (Å²) in [6.07, 6.45) is 0. The number of nitrogens with two attached hydrogens (primary N) is 1. The average molecular weight is 139 g/mol. The van der Waals surface area contributed by atoms with Gasteiger partial charge in [0, 0.05) is 19.3 Å². The molecule has 0 atom stereocenters. The first-order chi connectivity index (χ1) is 4.66. The minimum Gasteiger partial charge on any atom is -0.325 e. The predicted molar refractivity (Wildman–Crippen MR) is 40.6 cm³/mol. The Balaban J connectivity index is 3.17. The zero-order valence-electron chi connectivity index (χ0n) is 6.68. The van der Waals surface area contributed by atoms with Gasteiger partial charge in [0.2, 0.25) is 0 Å². The normalized spacial score (nSPS) is 10.4. The largest absolute Gasteiger partial charge is 0.325 e. The van der Waals surface area contributed by atoms with Gasteiger partial charge in [-0.3, -0.25) is 4.68 Å². The van der Waals surface area contributed by atoms with Gasteiger partial charge in [-0.25, -0.2) is 0 Å². The Morgan fingerprint density at radius 2 is 2.10 bits per heavy atom. The first-order valence-corrected chi connectivity index (χ1v) is 3.36. The molecule has 0 amide bonds. The Labute approximate surface area is 60.8 Å². The lowest BCUT2D eigenvalue weighted by Crippen LogP contribution is -1.99. The molecule has 0 radical (unpaired) electrons. The highest BCUT2D eigenvalue weighted by Crippen LogP contribution is 2.09. The molecule has 3 nitrogen and oxygen atoms in total. The van der Waals surface area contributed by atoms with E-state index in [-0.39, 0.29) is 0 Å². The van der Waals surface area contributed by atoms with Crippen LogP contribution < -0.4 is 5.73 Å². The number of nitrogens with zero attached hydrogens (tertiary/aromatic N) is 2. The van der Waals surface area contributed by atoms with Gasteiger partial charge in [0.15, 0.2) is 0 Å². The second-order valence-electron chi connectivity index (χ2n) is 2.48. The molecule has 1 rings (SSSR count). The number of hydrogen-bond acceptors (Lipinski definition) is 2. The smallest absolute Gasteiger partial charge is 0.0792 e. The van der Waals surface area contributed by atoms with E-state index in [1.165, 1.54) is 11.3 Å². The molecule has 0 unspecified atom stereocenters. The van der Waals surface area contributed by atoms with Crippen molar-refractivity contribution in [2.45, 2.75) is 20.4 Å². The summed E-state index contributed by atoms with van der Waals surface area (Å²) in [6.45, 7) is 4.62. The number of aryl methyl sites for hydroxylation is 1. The highest BCUT2D eigenvalue weighted by Gasteiger charge is 2.04. The van der Waals surface area contributed by atoms with Crippen LogP contribution in [0.2, 0.25) is 0 Å². The molecule has 0 aliphatic carbocycles. The van der Waals surface area contributed by atoms with Crippen molar-refractivity contribution in [3.8, 4) is 0 Å². The molecular weight excluding hydrogens is 126 g/mol. The van der Waals surface area contributed by atoms with Crippen LogP contribution in [0.4, 0.5) is 0 Å². The SMILES string of the molecule is Cc1c(CN)nn(C)c1C. The van der Waals surface area contributed by atoms with E-state index in [1.54, 1.807) is 0 Å². The standard InChI is InChI=1S/C7H13N3/c1-5-6(2)10(3)9-7(5)4-8/h4,8H2,1-3H3. The van der Waals surface area contributed by atoms with E-state index < -0.39 is 0 Å². The van der Waals surface area contributed by atoms with Crippen molar-refractivity contribution in [2.24, 2.45) is 12.8 Å². The summed E-state index contributed by atoms with van der Waals surface area (Å²) in [5.74, 6) is 0. The van der Waals surface area contributed by atoms with E-state index in [1.807, 2.05) is 25.6 Å². The lowest BCUT2D eigenvalue weighted by Gasteiger charge is -1.91. The lowest BCUT2D eigenvalue weighted by molar-refractivity contribution is 0.720. The highest BCUT2D eigenvalue weighted by atomic mass is 15.3. The van der Waals surface area contributed by atoms with Crippen LogP contribution in [-0.2, 0) is 13.6 Å². The third-order valence-electron chi connectivity index (χ3n) is 1.93. The van der Waals surface area contributed by atoms with E-state index in [0.29, 0.717) is 6.54 Å².